The molecule has 0 radical (unpaired) electrons. The van der Waals surface area contributed by atoms with E-state index < -0.39 is 6.10 Å². The van der Waals surface area contributed by atoms with Crippen molar-refractivity contribution in [3.63, 3.8) is 0 Å². The van der Waals surface area contributed by atoms with E-state index in [0.717, 1.165) is 12.8 Å². The maximum Gasteiger partial charge on any atom is 0.259 e. The quantitative estimate of drug-likeness (QED) is 0.627. The third kappa shape index (κ3) is 6.47. The molecule has 2 aromatic heterocycles. The summed E-state index contributed by atoms with van der Waals surface area (Å²) in [4.78, 5) is 38.3. The van der Waals surface area contributed by atoms with Crippen LogP contribution in [0.4, 0.5) is 0 Å². The van der Waals surface area contributed by atoms with Gasteiger partial charge in [-0.1, -0.05) is 38.0 Å². The molecule has 37 heavy (non-hydrogen) atoms. The second kappa shape index (κ2) is 12.2. The van der Waals surface area contributed by atoms with Crippen LogP contribution in [0.25, 0.3) is 0 Å². The molecule has 2 aromatic rings. The monoisotopic (exact) mass is 504 g/mol. The Balaban J connectivity index is 1.62. The molecule has 3 atom stereocenters. The predicted octanol–water partition coefficient (Wildman–Crippen LogP) is 3.40. The Morgan fingerprint density at radius 1 is 1.27 bits per heavy atom. The van der Waals surface area contributed by atoms with Crippen LogP contribution in [-0.2, 0) is 0 Å². The van der Waals surface area contributed by atoms with E-state index in [2.05, 4.69) is 21.8 Å². The molecule has 1 saturated carbocycles. The normalized spacial score (nSPS) is 21.0. The number of likely N-dealkylation sites (N-methyl/N-ethyl adjacent to an activating group) is 1. The van der Waals surface area contributed by atoms with Crippen LogP contribution >= 0.6 is 0 Å². The SMILES string of the molecule is C[C@@H]1CN([C@H](C)CO)C(=O)c2cc(C#CC3CCCCC3)cnc2O[C@@H]1CN(C)C(=O)c1ccncc1. The lowest BCUT2D eigenvalue weighted by atomic mass is 9.90. The Bertz CT molecular complexity index is 1150. The second-order valence-electron chi connectivity index (χ2n) is 10.2. The topological polar surface area (TPSA) is 95.9 Å². The number of aliphatic hydroxyl groups is 1. The summed E-state index contributed by atoms with van der Waals surface area (Å²) in [5.41, 5.74) is 1.55. The van der Waals surface area contributed by atoms with E-state index in [1.165, 1.54) is 19.3 Å². The molecule has 0 saturated heterocycles. The molecule has 0 unspecified atom stereocenters. The summed E-state index contributed by atoms with van der Waals surface area (Å²) in [5.74, 6) is 6.69. The van der Waals surface area contributed by atoms with Gasteiger partial charge in [-0.2, -0.15) is 0 Å². The molecule has 8 nitrogen and oxygen atoms in total. The van der Waals surface area contributed by atoms with E-state index >= 15 is 0 Å². The summed E-state index contributed by atoms with van der Waals surface area (Å²) in [7, 11) is 1.73. The maximum atomic E-state index is 13.6. The Labute approximate surface area is 219 Å². The fourth-order valence-corrected chi connectivity index (χ4v) is 4.89. The lowest BCUT2D eigenvalue weighted by molar-refractivity contribution is 0.0313. The largest absolute Gasteiger partial charge is 0.472 e. The first-order valence-electron chi connectivity index (χ1n) is 13.1. The van der Waals surface area contributed by atoms with Gasteiger partial charge in [0, 0.05) is 55.1 Å². The van der Waals surface area contributed by atoms with Crippen LogP contribution in [0.5, 0.6) is 5.88 Å². The molecule has 1 fully saturated rings. The number of hydrogen-bond acceptors (Lipinski definition) is 6. The number of hydrogen-bond donors (Lipinski definition) is 1. The highest BCUT2D eigenvalue weighted by atomic mass is 16.5. The van der Waals surface area contributed by atoms with E-state index in [1.54, 1.807) is 53.6 Å². The number of carbonyl (C=O) groups is 2. The predicted molar refractivity (Wildman–Crippen MR) is 140 cm³/mol. The lowest BCUT2D eigenvalue weighted by Crippen LogP contribution is -2.50. The first-order chi connectivity index (χ1) is 17.9. The van der Waals surface area contributed by atoms with Gasteiger partial charge < -0.3 is 19.6 Å². The van der Waals surface area contributed by atoms with Gasteiger partial charge in [-0.25, -0.2) is 4.98 Å². The van der Waals surface area contributed by atoms with Crippen molar-refractivity contribution < 1.29 is 19.4 Å². The molecule has 3 heterocycles. The fourth-order valence-electron chi connectivity index (χ4n) is 4.89. The number of pyridine rings is 2. The van der Waals surface area contributed by atoms with Crippen LogP contribution in [-0.4, -0.2) is 75.6 Å². The maximum absolute atomic E-state index is 13.6. The molecule has 1 aliphatic carbocycles. The van der Waals surface area contributed by atoms with Crippen molar-refractivity contribution >= 4 is 11.8 Å². The van der Waals surface area contributed by atoms with E-state index in [9.17, 15) is 14.7 Å². The minimum Gasteiger partial charge on any atom is -0.472 e. The molecule has 1 aliphatic heterocycles. The molecular formula is C29H36N4O4. The molecule has 2 amide bonds. The number of aliphatic hydroxyl groups excluding tert-OH is 1. The Kier molecular flexibility index (Phi) is 8.78. The van der Waals surface area contributed by atoms with Crippen LogP contribution < -0.4 is 4.74 Å². The molecule has 8 heteroatoms. The van der Waals surface area contributed by atoms with Crippen molar-refractivity contribution in [1.82, 2.24) is 19.8 Å². The number of rotatable bonds is 5. The van der Waals surface area contributed by atoms with Crippen molar-refractivity contribution in [2.75, 3.05) is 26.7 Å². The lowest BCUT2D eigenvalue weighted by Gasteiger charge is -2.37. The van der Waals surface area contributed by atoms with Crippen LogP contribution in [0.3, 0.4) is 0 Å². The molecule has 0 spiro atoms. The highest BCUT2D eigenvalue weighted by Gasteiger charge is 2.34. The van der Waals surface area contributed by atoms with E-state index in [4.69, 9.17) is 4.74 Å². The van der Waals surface area contributed by atoms with E-state index in [0.29, 0.717) is 35.7 Å². The summed E-state index contributed by atoms with van der Waals surface area (Å²) < 4.78 is 6.31. The minimum atomic E-state index is -0.414. The first kappa shape index (κ1) is 26.6. The van der Waals surface area contributed by atoms with Crippen LogP contribution in [0, 0.1) is 23.7 Å². The van der Waals surface area contributed by atoms with Crippen molar-refractivity contribution in [3.05, 3.63) is 53.5 Å². The Hall–Kier alpha value is -3.44. The number of nitrogens with zero attached hydrogens (tertiary/aromatic N) is 4. The summed E-state index contributed by atoms with van der Waals surface area (Å²) in [5, 5.41) is 9.87. The number of aromatic nitrogens is 2. The standard InChI is InChI=1S/C29H36N4O4/c1-20-17-33(21(2)19-34)29(36)25-15-23(10-9-22-7-5-4-6-8-22)16-31-27(25)37-26(20)18-32(3)28(35)24-11-13-30-14-12-24/h11-16,20-22,26,34H,4-8,17-19H2,1-3H3/t20-,21-,26-/m1/s1. The van der Waals surface area contributed by atoms with Gasteiger partial charge in [0.05, 0.1) is 19.2 Å². The molecule has 196 valence electrons. The molecule has 2 aliphatic rings. The molecule has 4 rings (SSSR count). The van der Waals surface area contributed by atoms with Gasteiger partial charge in [-0.05, 0) is 38.0 Å². The zero-order valence-corrected chi connectivity index (χ0v) is 21.9. The van der Waals surface area contributed by atoms with Crippen molar-refractivity contribution in [2.45, 2.75) is 58.1 Å². The summed E-state index contributed by atoms with van der Waals surface area (Å²) in [6.07, 6.45) is 10.3. The zero-order chi connectivity index (χ0) is 26.4. The minimum absolute atomic E-state index is 0.119. The Morgan fingerprint density at radius 3 is 2.70 bits per heavy atom. The van der Waals surface area contributed by atoms with Crippen molar-refractivity contribution in [1.29, 1.82) is 0 Å². The summed E-state index contributed by atoms with van der Waals surface area (Å²) in [6, 6.07) is 4.72. The molecule has 0 aromatic carbocycles. The second-order valence-corrected chi connectivity index (χ2v) is 10.2. The van der Waals surface area contributed by atoms with E-state index in [1.807, 2.05) is 13.8 Å². The molecular weight excluding hydrogens is 468 g/mol. The zero-order valence-electron chi connectivity index (χ0n) is 21.9. The first-order valence-corrected chi connectivity index (χ1v) is 13.1. The van der Waals surface area contributed by atoms with Crippen molar-refractivity contribution in [3.8, 4) is 17.7 Å². The van der Waals surface area contributed by atoms with Crippen LogP contribution in [0.2, 0.25) is 0 Å². The van der Waals surface area contributed by atoms with Crippen LogP contribution in [0.1, 0.15) is 72.2 Å². The van der Waals surface area contributed by atoms with Crippen molar-refractivity contribution in [2.24, 2.45) is 11.8 Å². The van der Waals surface area contributed by atoms with Gasteiger partial charge in [0.1, 0.15) is 11.7 Å². The Morgan fingerprint density at radius 2 is 2.00 bits per heavy atom. The summed E-state index contributed by atoms with van der Waals surface area (Å²) in [6.45, 7) is 4.33. The summed E-state index contributed by atoms with van der Waals surface area (Å²) >= 11 is 0. The van der Waals surface area contributed by atoms with Gasteiger partial charge in [0.25, 0.3) is 11.8 Å². The smallest absolute Gasteiger partial charge is 0.259 e. The number of ether oxygens (including phenoxy) is 1. The number of amides is 2. The van der Waals surface area contributed by atoms with Gasteiger partial charge >= 0.3 is 0 Å². The van der Waals surface area contributed by atoms with Gasteiger partial charge in [0.2, 0.25) is 5.88 Å². The molecule has 1 N–H and O–H groups in total. The average Bonchev–Trinajstić information content (AvgIpc) is 2.94. The van der Waals surface area contributed by atoms with Crippen LogP contribution in [0.15, 0.2) is 36.8 Å². The van der Waals surface area contributed by atoms with Gasteiger partial charge in [0.15, 0.2) is 0 Å². The third-order valence-electron chi connectivity index (χ3n) is 7.27. The third-order valence-corrected chi connectivity index (χ3v) is 7.27. The average molecular weight is 505 g/mol. The molecule has 0 bridgehead atoms. The highest BCUT2D eigenvalue weighted by molar-refractivity contribution is 5.97. The highest BCUT2D eigenvalue weighted by Crippen LogP contribution is 2.28. The van der Waals surface area contributed by atoms with Gasteiger partial charge in [-0.15, -0.1) is 0 Å². The number of fused-ring (bicyclic) bond motifs is 1. The fraction of sp³-hybridized carbons (Fsp3) is 0.517. The van der Waals surface area contributed by atoms with Gasteiger partial charge in [-0.3, -0.25) is 14.6 Å². The number of carbonyl (C=O) groups excluding carboxylic acids is 2. The van der Waals surface area contributed by atoms with E-state index in [-0.39, 0.29) is 36.3 Å².